The van der Waals surface area contributed by atoms with Crippen molar-refractivity contribution in [2.45, 2.75) is 13.8 Å². The summed E-state index contributed by atoms with van der Waals surface area (Å²) < 4.78 is 0. The van der Waals surface area contributed by atoms with Gasteiger partial charge in [-0.2, -0.15) is 0 Å². The highest BCUT2D eigenvalue weighted by Crippen LogP contribution is 2.12. The van der Waals surface area contributed by atoms with Crippen molar-refractivity contribution >= 4 is 11.8 Å². The van der Waals surface area contributed by atoms with E-state index >= 15 is 0 Å². The predicted octanol–water partition coefficient (Wildman–Crippen LogP) is 0.253. The Labute approximate surface area is 118 Å². The van der Waals surface area contributed by atoms with Gasteiger partial charge in [-0.15, -0.1) is 0 Å². The average molecular weight is 273 g/mol. The Bertz CT molecular complexity index is 570. The van der Waals surface area contributed by atoms with E-state index in [0.717, 1.165) is 11.1 Å². The monoisotopic (exact) mass is 273 g/mol. The van der Waals surface area contributed by atoms with E-state index in [1.54, 1.807) is 25.1 Å². The van der Waals surface area contributed by atoms with E-state index in [0.29, 0.717) is 18.7 Å². The van der Waals surface area contributed by atoms with Gasteiger partial charge in [0.25, 0.3) is 5.91 Å². The van der Waals surface area contributed by atoms with Crippen LogP contribution in [0.25, 0.3) is 0 Å². The second-order valence-corrected chi connectivity index (χ2v) is 4.32. The smallest absolute Gasteiger partial charge is 0.254 e. The van der Waals surface area contributed by atoms with Crippen molar-refractivity contribution < 1.29 is 9.59 Å². The van der Waals surface area contributed by atoms with Crippen LogP contribution in [-0.2, 0) is 4.79 Å². The first kappa shape index (κ1) is 15.7. The molecule has 0 aliphatic heterocycles. The zero-order valence-corrected chi connectivity index (χ0v) is 11.8. The lowest BCUT2D eigenvalue weighted by Crippen LogP contribution is -2.38. The molecule has 0 unspecified atom stereocenters. The molecule has 0 saturated heterocycles. The lowest BCUT2D eigenvalue weighted by atomic mass is 10.0. The molecule has 0 aliphatic carbocycles. The van der Waals surface area contributed by atoms with Crippen LogP contribution in [0.5, 0.6) is 0 Å². The molecule has 0 aliphatic rings. The Kier molecular flexibility index (Phi) is 5.75. The number of carbonyl (C=O) groups is 2. The molecule has 5 heteroatoms. The largest absolute Gasteiger partial charge is 0.368 e. The summed E-state index contributed by atoms with van der Waals surface area (Å²) in [5.41, 5.74) is 12.7. The number of benzene rings is 1. The Hall–Kier alpha value is -2.32. The highest BCUT2D eigenvalue weighted by Gasteiger charge is 2.16. The third-order valence-corrected chi connectivity index (χ3v) is 2.81. The highest BCUT2D eigenvalue weighted by atomic mass is 16.2. The number of rotatable bonds is 4. The van der Waals surface area contributed by atoms with Gasteiger partial charge in [0.15, 0.2) is 0 Å². The van der Waals surface area contributed by atoms with E-state index in [9.17, 15) is 9.59 Å². The summed E-state index contributed by atoms with van der Waals surface area (Å²) in [6, 6.07) is 5.23. The molecule has 106 valence electrons. The number of hydrogen-bond donors (Lipinski definition) is 2. The third kappa shape index (κ3) is 4.11. The van der Waals surface area contributed by atoms with Crippen LogP contribution in [0.3, 0.4) is 0 Å². The SMILES string of the molecule is CCN(CC(N)=O)C(=O)c1ccc(C#CCN)c(C)c1. The predicted molar refractivity (Wildman–Crippen MR) is 77.9 cm³/mol. The van der Waals surface area contributed by atoms with Gasteiger partial charge in [-0.25, -0.2) is 0 Å². The van der Waals surface area contributed by atoms with Gasteiger partial charge < -0.3 is 16.4 Å². The zero-order valence-electron chi connectivity index (χ0n) is 11.8. The van der Waals surface area contributed by atoms with Crippen LogP contribution in [-0.4, -0.2) is 36.3 Å². The van der Waals surface area contributed by atoms with Crippen LogP contribution in [0.4, 0.5) is 0 Å². The number of hydrogen-bond acceptors (Lipinski definition) is 3. The minimum Gasteiger partial charge on any atom is -0.368 e. The lowest BCUT2D eigenvalue weighted by Gasteiger charge is -2.19. The molecule has 4 N–H and O–H groups in total. The van der Waals surface area contributed by atoms with E-state index < -0.39 is 5.91 Å². The Balaban J connectivity index is 2.99. The molecule has 0 radical (unpaired) electrons. The van der Waals surface area contributed by atoms with E-state index in [1.807, 2.05) is 6.92 Å². The number of nitrogens with two attached hydrogens (primary N) is 2. The number of likely N-dealkylation sites (N-methyl/N-ethyl adjacent to an activating group) is 1. The maximum Gasteiger partial charge on any atom is 0.254 e. The Morgan fingerprint density at radius 2 is 2.05 bits per heavy atom. The van der Waals surface area contributed by atoms with Gasteiger partial charge in [-0.1, -0.05) is 11.8 Å². The fraction of sp³-hybridized carbons (Fsp3) is 0.333. The summed E-state index contributed by atoms with van der Waals surface area (Å²) in [4.78, 5) is 24.6. The highest BCUT2D eigenvalue weighted by molar-refractivity contribution is 5.96. The molecule has 5 nitrogen and oxygen atoms in total. The van der Waals surface area contributed by atoms with Crippen molar-refractivity contribution in [1.82, 2.24) is 4.90 Å². The van der Waals surface area contributed by atoms with Gasteiger partial charge in [-0.05, 0) is 37.6 Å². The number of aryl methyl sites for hydroxylation is 1. The molecule has 2 amide bonds. The summed E-state index contributed by atoms with van der Waals surface area (Å²) in [5, 5.41) is 0. The van der Waals surface area contributed by atoms with Crippen LogP contribution in [0.2, 0.25) is 0 Å². The fourth-order valence-electron chi connectivity index (χ4n) is 1.78. The first-order valence-corrected chi connectivity index (χ1v) is 6.36. The van der Waals surface area contributed by atoms with Gasteiger partial charge in [0, 0.05) is 17.7 Å². The second kappa shape index (κ2) is 7.31. The van der Waals surface area contributed by atoms with Crippen LogP contribution >= 0.6 is 0 Å². The molecule has 1 aromatic carbocycles. The molecular formula is C15H19N3O2. The summed E-state index contributed by atoms with van der Waals surface area (Å²) >= 11 is 0. The normalized spacial score (nSPS) is 9.55. The van der Waals surface area contributed by atoms with E-state index in [4.69, 9.17) is 11.5 Å². The van der Waals surface area contributed by atoms with Gasteiger partial charge in [0.2, 0.25) is 5.91 Å². The van der Waals surface area contributed by atoms with Crippen LogP contribution in [0, 0.1) is 18.8 Å². The summed E-state index contributed by atoms with van der Waals surface area (Å²) in [7, 11) is 0. The van der Waals surface area contributed by atoms with Gasteiger partial charge in [0.05, 0.1) is 13.1 Å². The number of carbonyl (C=O) groups excluding carboxylic acids is 2. The molecule has 1 aromatic rings. The molecule has 0 saturated carbocycles. The molecule has 0 spiro atoms. The van der Waals surface area contributed by atoms with Crippen LogP contribution in [0.1, 0.15) is 28.4 Å². The molecule has 1 rings (SSSR count). The molecular weight excluding hydrogens is 254 g/mol. The van der Waals surface area contributed by atoms with Crippen molar-refractivity contribution in [3.05, 3.63) is 34.9 Å². The zero-order chi connectivity index (χ0) is 15.1. The van der Waals surface area contributed by atoms with Gasteiger partial charge in [-0.3, -0.25) is 9.59 Å². The first-order chi connectivity index (χ1) is 9.49. The van der Waals surface area contributed by atoms with E-state index in [-0.39, 0.29) is 12.5 Å². The fourth-order valence-corrected chi connectivity index (χ4v) is 1.78. The van der Waals surface area contributed by atoms with Crippen molar-refractivity contribution in [3.63, 3.8) is 0 Å². The number of nitrogens with zero attached hydrogens (tertiary/aromatic N) is 1. The maximum atomic E-state index is 12.3. The van der Waals surface area contributed by atoms with Crippen molar-refractivity contribution in [3.8, 4) is 11.8 Å². The summed E-state index contributed by atoms with van der Waals surface area (Å²) in [6.45, 7) is 4.32. The average Bonchev–Trinajstić information content (AvgIpc) is 2.42. The minimum absolute atomic E-state index is 0.0802. The van der Waals surface area contributed by atoms with Crippen molar-refractivity contribution in [2.24, 2.45) is 11.5 Å². The second-order valence-electron chi connectivity index (χ2n) is 4.32. The molecule has 0 fully saturated rings. The quantitative estimate of drug-likeness (QED) is 0.771. The van der Waals surface area contributed by atoms with Crippen molar-refractivity contribution in [2.75, 3.05) is 19.6 Å². The molecule has 0 atom stereocenters. The van der Waals surface area contributed by atoms with Crippen LogP contribution < -0.4 is 11.5 Å². The van der Waals surface area contributed by atoms with E-state index in [1.165, 1.54) is 4.90 Å². The van der Waals surface area contributed by atoms with Crippen LogP contribution in [0.15, 0.2) is 18.2 Å². The van der Waals surface area contributed by atoms with Gasteiger partial charge in [0.1, 0.15) is 0 Å². The van der Waals surface area contributed by atoms with E-state index in [2.05, 4.69) is 11.8 Å². The standard InChI is InChI=1S/C15H19N3O2/c1-3-18(10-14(17)19)15(20)13-7-6-12(5-4-8-16)11(2)9-13/h6-7,9H,3,8,10,16H2,1-2H3,(H2,17,19). The first-order valence-electron chi connectivity index (χ1n) is 6.36. The molecule has 0 aromatic heterocycles. The minimum atomic E-state index is -0.526. The van der Waals surface area contributed by atoms with Crippen molar-refractivity contribution in [1.29, 1.82) is 0 Å². The summed E-state index contributed by atoms with van der Waals surface area (Å²) in [6.07, 6.45) is 0. The topological polar surface area (TPSA) is 89.4 Å². The molecule has 0 heterocycles. The molecule has 20 heavy (non-hydrogen) atoms. The maximum absolute atomic E-state index is 12.3. The molecule has 0 bridgehead atoms. The number of primary amides is 1. The lowest BCUT2D eigenvalue weighted by molar-refractivity contribution is -0.118. The summed E-state index contributed by atoms with van der Waals surface area (Å²) in [5.74, 6) is 4.97. The Morgan fingerprint density at radius 3 is 2.55 bits per heavy atom. The third-order valence-electron chi connectivity index (χ3n) is 2.81. The Morgan fingerprint density at radius 1 is 1.35 bits per heavy atom. The number of amides is 2. The van der Waals surface area contributed by atoms with Gasteiger partial charge >= 0.3 is 0 Å².